The fourth-order valence-corrected chi connectivity index (χ4v) is 3.07. The van der Waals surface area contributed by atoms with Crippen LogP contribution in [0.25, 0.3) is 11.1 Å². The van der Waals surface area contributed by atoms with Gasteiger partial charge < -0.3 is 15.4 Å². The van der Waals surface area contributed by atoms with Gasteiger partial charge in [0, 0.05) is 6.42 Å². The van der Waals surface area contributed by atoms with E-state index in [1.807, 2.05) is 91.0 Å². The van der Waals surface area contributed by atoms with E-state index in [4.69, 9.17) is 10.00 Å². The summed E-state index contributed by atoms with van der Waals surface area (Å²) in [5, 5.41) is 13.8. The van der Waals surface area contributed by atoms with Crippen LogP contribution in [-0.2, 0) is 22.6 Å². The summed E-state index contributed by atoms with van der Waals surface area (Å²) in [6, 6.07) is 28.0. The van der Waals surface area contributed by atoms with Gasteiger partial charge in [-0.2, -0.15) is 5.26 Å². The van der Waals surface area contributed by atoms with Crippen LogP contribution in [0.1, 0.15) is 11.1 Å². The molecule has 0 heterocycles. The fourth-order valence-electron chi connectivity index (χ4n) is 3.07. The summed E-state index contributed by atoms with van der Waals surface area (Å²) in [5.41, 5.74) is 3.88. The summed E-state index contributed by atoms with van der Waals surface area (Å²) in [7, 11) is 0. The van der Waals surface area contributed by atoms with Crippen LogP contribution in [0.2, 0.25) is 0 Å². The highest BCUT2D eigenvalue weighted by atomic mass is 16.5. The fraction of sp³-hybridized carbons (Fsp3) is 0.160. The Morgan fingerprint density at radius 1 is 0.839 bits per heavy atom. The molecule has 2 amide bonds. The Morgan fingerprint density at radius 3 is 2.10 bits per heavy atom. The highest BCUT2D eigenvalue weighted by Crippen LogP contribution is 2.19. The highest BCUT2D eigenvalue weighted by Gasteiger charge is 2.22. The number of hydrogen-bond acceptors (Lipinski definition) is 4. The number of benzene rings is 3. The largest absolute Gasteiger partial charge is 0.445 e. The van der Waals surface area contributed by atoms with Crippen molar-refractivity contribution in [2.24, 2.45) is 0 Å². The second kappa shape index (κ2) is 11.2. The van der Waals surface area contributed by atoms with Crippen LogP contribution in [0.4, 0.5) is 4.79 Å². The van der Waals surface area contributed by atoms with Gasteiger partial charge in [0.15, 0.2) is 0 Å². The van der Waals surface area contributed by atoms with Crippen molar-refractivity contribution in [2.45, 2.75) is 19.1 Å². The normalized spacial score (nSPS) is 11.1. The van der Waals surface area contributed by atoms with Crippen molar-refractivity contribution < 1.29 is 14.3 Å². The van der Waals surface area contributed by atoms with Crippen molar-refractivity contribution in [3.63, 3.8) is 0 Å². The quantitative estimate of drug-likeness (QED) is 0.549. The molecule has 31 heavy (non-hydrogen) atoms. The molecular weight excluding hydrogens is 390 g/mol. The molecule has 0 spiro atoms. The number of nitrogens with zero attached hydrogens (tertiary/aromatic N) is 1. The first-order valence-electron chi connectivity index (χ1n) is 9.92. The summed E-state index contributed by atoms with van der Waals surface area (Å²) in [5.74, 6) is -0.439. The molecule has 6 nitrogen and oxygen atoms in total. The molecule has 0 aliphatic rings. The Morgan fingerprint density at radius 2 is 1.45 bits per heavy atom. The lowest BCUT2D eigenvalue weighted by atomic mass is 10.0. The van der Waals surface area contributed by atoms with E-state index in [0.29, 0.717) is 0 Å². The minimum absolute atomic E-state index is 0.102. The predicted molar refractivity (Wildman–Crippen MR) is 118 cm³/mol. The first-order chi connectivity index (χ1) is 15.2. The van der Waals surface area contributed by atoms with E-state index in [0.717, 1.165) is 22.3 Å². The van der Waals surface area contributed by atoms with Gasteiger partial charge in [-0.25, -0.2) is 4.79 Å². The van der Waals surface area contributed by atoms with Crippen molar-refractivity contribution in [1.29, 1.82) is 5.26 Å². The Hall–Kier alpha value is -4.11. The molecule has 2 N–H and O–H groups in total. The molecule has 3 aromatic carbocycles. The third kappa shape index (κ3) is 6.72. The standard InChI is InChI=1S/C25H23N3O3/c26-15-16-27-24(29)23(28-25(30)31-18-20-7-3-1-4-8-20)17-19-11-13-22(14-12-19)21-9-5-2-6-10-21/h1-14,23H,16-18H2,(H,27,29)(H,28,30)/t23-/m0/s1. The molecule has 3 aromatic rings. The maximum atomic E-state index is 12.5. The zero-order chi connectivity index (χ0) is 21.9. The van der Waals surface area contributed by atoms with E-state index in [1.165, 1.54) is 0 Å². The van der Waals surface area contributed by atoms with Crippen LogP contribution in [-0.4, -0.2) is 24.6 Å². The second-order valence-electron chi connectivity index (χ2n) is 6.90. The topological polar surface area (TPSA) is 91.2 Å². The summed E-state index contributed by atoms with van der Waals surface area (Å²) in [6.07, 6.45) is -0.422. The van der Waals surface area contributed by atoms with Gasteiger partial charge in [-0.1, -0.05) is 84.9 Å². The molecule has 0 aliphatic carbocycles. The lowest BCUT2D eigenvalue weighted by Gasteiger charge is -2.18. The summed E-state index contributed by atoms with van der Waals surface area (Å²) >= 11 is 0. The first-order valence-corrected chi connectivity index (χ1v) is 9.92. The molecule has 0 radical (unpaired) electrons. The lowest BCUT2D eigenvalue weighted by molar-refractivity contribution is -0.122. The van der Waals surface area contributed by atoms with Crippen LogP contribution < -0.4 is 10.6 Å². The van der Waals surface area contributed by atoms with Crippen LogP contribution >= 0.6 is 0 Å². The molecule has 3 rings (SSSR count). The Labute approximate surface area is 181 Å². The zero-order valence-corrected chi connectivity index (χ0v) is 17.0. The predicted octanol–water partition coefficient (Wildman–Crippen LogP) is 3.83. The number of amides is 2. The average molecular weight is 413 g/mol. The molecule has 156 valence electrons. The number of hydrogen-bond donors (Lipinski definition) is 2. The monoisotopic (exact) mass is 413 g/mol. The number of nitrogens with one attached hydrogen (secondary N) is 2. The molecule has 0 saturated heterocycles. The number of carbonyl (C=O) groups excluding carboxylic acids is 2. The van der Waals surface area contributed by atoms with Crippen LogP contribution in [0.15, 0.2) is 84.9 Å². The molecule has 0 saturated carbocycles. The van der Waals surface area contributed by atoms with Gasteiger partial charge in [0.25, 0.3) is 0 Å². The van der Waals surface area contributed by atoms with Crippen molar-refractivity contribution in [1.82, 2.24) is 10.6 Å². The van der Waals surface area contributed by atoms with E-state index in [1.54, 1.807) is 0 Å². The minimum atomic E-state index is -0.862. The molecule has 6 heteroatoms. The SMILES string of the molecule is N#CCNC(=O)[C@H](Cc1ccc(-c2ccccc2)cc1)NC(=O)OCc1ccccc1. The number of carbonyl (C=O) groups is 2. The van der Waals surface area contributed by atoms with Gasteiger partial charge in [-0.3, -0.25) is 4.79 Å². The molecule has 0 bridgehead atoms. The van der Waals surface area contributed by atoms with Gasteiger partial charge >= 0.3 is 6.09 Å². The van der Waals surface area contributed by atoms with E-state index in [9.17, 15) is 9.59 Å². The van der Waals surface area contributed by atoms with E-state index < -0.39 is 18.0 Å². The van der Waals surface area contributed by atoms with Gasteiger partial charge in [0.05, 0.1) is 6.07 Å². The second-order valence-corrected chi connectivity index (χ2v) is 6.90. The van der Waals surface area contributed by atoms with E-state index in [-0.39, 0.29) is 19.6 Å². The highest BCUT2D eigenvalue weighted by molar-refractivity contribution is 5.86. The third-order valence-electron chi connectivity index (χ3n) is 4.66. The third-order valence-corrected chi connectivity index (χ3v) is 4.66. The van der Waals surface area contributed by atoms with E-state index >= 15 is 0 Å². The van der Waals surface area contributed by atoms with Crippen molar-refractivity contribution in [3.05, 3.63) is 96.1 Å². The van der Waals surface area contributed by atoms with Crippen LogP contribution in [0.5, 0.6) is 0 Å². The zero-order valence-electron chi connectivity index (χ0n) is 17.0. The Bertz CT molecular complexity index is 1030. The van der Waals surface area contributed by atoms with Crippen molar-refractivity contribution >= 4 is 12.0 Å². The van der Waals surface area contributed by atoms with Crippen molar-refractivity contribution in [3.8, 4) is 17.2 Å². The maximum absolute atomic E-state index is 12.5. The maximum Gasteiger partial charge on any atom is 0.408 e. The summed E-state index contributed by atoms with van der Waals surface area (Å²) in [4.78, 5) is 24.7. The first kappa shape index (κ1) is 21.6. The molecular formula is C25H23N3O3. The Balaban J connectivity index is 1.64. The summed E-state index contributed by atoms with van der Waals surface area (Å²) < 4.78 is 5.23. The van der Waals surface area contributed by atoms with Crippen LogP contribution in [0, 0.1) is 11.3 Å². The van der Waals surface area contributed by atoms with Gasteiger partial charge in [0.2, 0.25) is 5.91 Å². The van der Waals surface area contributed by atoms with Gasteiger partial charge in [-0.05, 0) is 22.3 Å². The van der Waals surface area contributed by atoms with Crippen LogP contribution in [0.3, 0.4) is 0 Å². The number of ether oxygens (including phenoxy) is 1. The molecule has 1 atom stereocenters. The number of rotatable bonds is 8. The smallest absolute Gasteiger partial charge is 0.408 e. The molecule has 0 aromatic heterocycles. The Kier molecular flexibility index (Phi) is 7.78. The molecule has 0 unspecified atom stereocenters. The minimum Gasteiger partial charge on any atom is -0.445 e. The lowest BCUT2D eigenvalue weighted by Crippen LogP contribution is -2.48. The number of nitriles is 1. The van der Waals surface area contributed by atoms with Gasteiger partial charge in [-0.15, -0.1) is 0 Å². The molecule has 0 aliphatic heterocycles. The average Bonchev–Trinajstić information content (AvgIpc) is 2.82. The molecule has 0 fully saturated rings. The van der Waals surface area contributed by atoms with Crippen molar-refractivity contribution in [2.75, 3.05) is 6.54 Å². The summed E-state index contributed by atoms with van der Waals surface area (Å²) in [6.45, 7) is -0.0337. The van der Waals surface area contributed by atoms with Gasteiger partial charge in [0.1, 0.15) is 19.2 Å². The van der Waals surface area contributed by atoms with E-state index in [2.05, 4.69) is 10.6 Å². The number of alkyl carbamates (subject to hydrolysis) is 1.